The van der Waals surface area contributed by atoms with E-state index >= 15 is 0 Å². The first-order valence-electron chi connectivity index (χ1n) is 9.87. The Morgan fingerprint density at radius 2 is 2.14 bits per heavy atom. The van der Waals surface area contributed by atoms with Gasteiger partial charge in [0.1, 0.15) is 11.3 Å². The van der Waals surface area contributed by atoms with Crippen molar-refractivity contribution in [3.8, 4) is 11.3 Å². The van der Waals surface area contributed by atoms with E-state index in [0.717, 1.165) is 46.6 Å². The molecule has 0 amide bonds. The van der Waals surface area contributed by atoms with Gasteiger partial charge in [0.25, 0.3) is 0 Å². The topological polar surface area (TPSA) is 97.5 Å². The van der Waals surface area contributed by atoms with Crippen LogP contribution in [0, 0.1) is 5.41 Å². The average Bonchev–Trinajstić information content (AvgIpc) is 3.11. The van der Waals surface area contributed by atoms with E-state index in [4.69, 9.17) is 19.1 Å². The molecule has 0 spiro atoms. The quantitative estimate of drug-likeness (QED) is 0.560. The molecular weight excluding hydrogens is 370 g/mol. The minimum atomic E-state index is -0.689. The molecule has 7 nitrogen and oxygen atoms in total. The fraction of sp³-hybridized carbons (Fsp3) is 0.409. The summed E-state index contributed by atoms with van der Waals surface area (Å²) < 4.78 is 10.6. The Balaban J connectivity index is 1.46. The van der Waals surface area contributed by atoms with Gasteiger partial charge in [-0.05, 0) is 56.4 Å². The van der Waals surface area contributed by atoms with Gasteiger partial charge in [-0.1, -0.05) is 0 Å². The number of methoxy groups -OCH3 is 1. The molecule has 0 saturated heterocycles. The molecule has 0 aliphatic heterocycles. The van der Waals surface area contributed by atoms with E-state index in [1.807, 2.05) is 30.5 Å². The largest absolute Gasteiger partial charge is 0.481 e. The van der Waals surface area contributed by atoms with Crippen molar-refractivity contribution in [2.24, 2.45) is 5.41 Å². The lowest BCUT2D eigenvalue weighted by Crippen LogP contribution is -2.73. The molecule has 0 radical (unpaired) electrons. The van der Waals surface area contributed by atoms with Gasteiger partial charge in [0.05, 0.1) is 17.4 Å². The van der Waals surface area contributed by atoms with Gasteiger partial charge in [0.15, 0.2) is 5.82 Å². The van der Waals surface area contributed by atoms with E-state index in [1.54, 1.807) is 13.4 Å². The molecule has 3 fully saturated rings. The number of nitrogens with zero attached hydrogens (tertiary/aromatic N) is 2. The number of hydrogen-bond acceptors (Lipinski definition) is 6. The Labute approximate surface area is 168 Å². The standard InChI is InChI=1S/C22H23N3O4/c1-28-7-2-3-16-10-23-18(15-4-5-17-14(9-15)6-8-29-17)19(24-16)25-22-11-21(12-22,13-22)20(26)27/h4-6,8-10H,2-3,7,11-13H2,1H3,(H,24,25)(H,26,27). The van der Waals surface area contributed by atoms with Gasteiger partial charge in [0.2, 0.25) is 0 Å². The normalized spacial score (nSPS) is 24.7. The first-order chi connectivity index (χ1) is 14.0. The van der Waals surface area contributed by atoms with Crippen LogP contribution < -0.4 is 5.32 Å². The van der Waals surface area contributed by atoms with Crippen molar-refractivity contribution in [3.05, 3.63) is 42.4 Å². The summed E-state index contributed by atoms with van der Waals surface area (Å²) in [5, 5.41) is 14.0. The van der Waals surface area contributed by atoms with Gasteiger partial charge in [-0.15, -0.1) is 0 Å². The summed E-state index contributed by atoms with van der Waals surface area (Å²) in [7, 11) is 1.69. The predicted octanol–water partition coefficient (Wildman–Crippen LogP) is 3.89. The minimum Gasteiger partial charge on any atom is -0.481 e. The van der Waals surface area contributed by atoms with Crippen LogP contribution in [0.2, 0.25) is 0 Å². The zero-order valence-corrected chi connectivity index (χ0v) is 16.3. The van der Waals surface area contributed by atoms with Crippen molar-refractivity contribution < 1.29 is 19.1 Å². The van der Waals surface area contributed by atoms with Gasteiger partial charge in [-0.2, -0.15) is 0 Å². The Morgan fingerprint density at radius 3 is 2.90 bits per heavy atom. The molecule has 3 saturated carbocycles. The monoisotopic (exact) mass is 393 g/mol. The van der Waals surface area contributed by atoms with Gasteiger partial charge in [0, 0.05) is 36.4 Å². The van der Waals surface area contributed by atoms with Crippen molar-refractivity contribution in [2.45, 2.75) is 37.6 Å². The number of carboxylic acids is 1. The molecular formula is C22H23N3O4. The van der Waals surface area contributed by atoms with Crippen LogP contribution in [-0.4, -0.2) is 40.3 Å². The minimum absolute atomic E-state index is 0.174. The molecule has 3 aliphatic carbocycles. The molecule has 3 aliphatic rings. The number of fused-ring (bicyclic) bond motifs is 1. The molecule has 0 atom stereocenters. The number of anilines is 1. The third-order valence-electron chi connectivity index (χ3n) is 6.20. The average molecular weight is 393 g/mol. The number of nitrogens with one attached hydrogen (secondary N) is 1. The summed E-state index contributed by atoms with van der Waals surface area (Å²) in [4.78, 5) is 21.0. The number of carboxylic acid groups (broad SMARTS) is 1. The number of hydrogen-bond donors (Lipinski definition) is 2. The second-order valence-electron chi connectivity index (χ2n) is 8.35. The van der Waals surface area contributed by atoms with Crippen LogP contribution in [0.25, 0.3) is 22.2 Å². The Kier molecular flexibility index (Phi) is 4.10. The number of aliphatic carboxylic acids is 1. The lowest BCUT2D eigenvalue weighted by atomic mass is 9.39. The number of benzene rings is 1. The number of ether oxygens (including phenoxy) is 1. The second-order valence-corrected chi connectivity index (χ2v) is 8.35. The van der Waals surface area contributed by atoms with Crippen molar-refractivity contribution >= 4 is 22.8 Å². The molecule has 6 rings (SSSR count). The second kappa shape index (κ2) is 6.56. The molecule has 1 aromatic carbocycles. The maximum Gasteiger partial charge on any atom is 0.309 e. The molecule has 150 valence electrons. The fourth-order valence-corrected chi connectivity index (χ4v) is 4.75. The zero-order valence-electron chi connectivity index (χ0n) is 16.3. The van der Waals surface area contributed by atoms with Gasteiger partial charge < -0.3 is 19.6 Å². The Morgan fingerprint density at radius 1 is 1.31 bits per heavy atom. The Bertz CT molecular complexity index is 1070. The maximum atomic E-state index is 11.4. The third-order valence-corrected chi connectivity index (χ3v) is 6.20. The number of aryl methyl sites for hydroxylation is 1. The van der Waals surface area contributed by atoms with Gasteiger partial charge in [-0.3, -0.25) is 9.78 Å². The molecule has 29 heavy (non-hydrogen) atoms. The summed E-state index contributed by atoms with van der Waals surface area (Å²) in [6, 6.07) is 7.88. The van der Waals surface area contributed by atoms with Crippen LogP contribution in [0.5, 0.6) is 0 Å². The number of carbonyl (C=O) groups is 1. The van der Waals surface area contributed by atoms with E-state index in [9.17, 15) is 9.90 Å². The van der Waals surface area contributed by atoms with Gasteiger partial charge in [-0.25, -0.2) is 4.98 Å². The van der Waals surface area contributed by atoms with Crippen LogP contribution in [0.15, 0.2) is 41.1 Å². The maximum absolute atomic E-state index is 11.4. The number of furan rings is 1. The van der Waals surface area contributed by atoms with Gasteiger partial charge >= 0.3 is 5.97 Å². The molecule has 7 heteroatoms. The molecule has 2 N–H and O–H groups in total. The SMILES string of the molecule is COCCCc1cnc(-c2ccc3occc3c2)c(NC23CC(C(=O)O)(C2)C3)n1. The molecule has 2 bridgehead atoms. The Hall–Kier alpha value is -2.93. The zero-order chi connectivity index (χ0) is 20.1. The van der Waals surface area contributed by atoms with Crippen LogP contribution >= 0.6 is 0 Å². The summed E-state index contributed by atoms with van der Waals surface area (Å²) in [6.45, 7) is 0.675. The number of rotatable bonds is 8. The van der Waals surface area contributed by atoms with Crippen molar-refractivity contribution in [2.75, 3.05) is 19.0 Å². The number of aromatic nitrogens is 2. The first kappa shape index (κ1) is 18.1. The summed E-state index contributed by atoms with van der Waals surface area (Å²) in [5.41, 5.74) is 2.75. The highest BCUT2D eigenvalue weighted by molar-refractivity contribution is 5.86. The molecule has 2 heterocycles. The predicted molar refractivity (Wildman–Crippen MR) is 108 cm³/mol. The molecule has 2 aromatic heterocycles. The van der Waals surface area contributed by atoms with E-state index in [-0.39, 0.29) is 5.54 Å². The molecule has 3 aromatic rings. The highest BCUT2D eigenvalue weighted by Gasteiger charge is 2.72. The van der Waals surface area contributed by atoms with Crippen molar-refractivity contribution in [1.29, 1.82) is 0 Å². The van der Waals surface area contributed by atoms with Crippen molar-refractivity contribution in [1.82, 2.24) is 9.97 Å². The summed E-state index contributed by atoms with van der Waals surface area (Å²) >= 11 is 0. The highest BCUT2D eigenvalue weighted by atomic mass is 16.5. The van der Waals surface area contributed by atoms with E-state index in [2.05, 4.69) is 5.32 Å². The van der Waals surface area contributed by atoms with Crippen LogP contribution in [0.4, 0.5) is 5.82 Å². The van der Waals surface area contributed by atoms with Crippen molar-refractivity contribution in [3.63, 3.8) is 0 Å². The smallest absolute Gasteiger partial charge is 0.309 e. The summed E-state index contributed by atoms with van der Waals surface area (Å²) in [6.07, 6.45) is 7.07. The van der Waals surface area contributed by atoms with Crippen LogP contribution in [0.3, 0.4) is 0 Å². The van der Waals surface area contributed by atoms with E-state index < -0.39 is 11.4 Å². The fourth-order valence-electron chi connectivity index (χ4n) is 4.75. The third kappa shape index (κ3) is 2.97. The lowest BCUT2D eigenvalue weighted by molar-refractivity contribution is -0.186. The van der Waals surface area contributed by atoms with E-state index in [1.165, 1.54) is 0 Å². The highest BCUT2D eigenvalue weighted by Crippen LogP contribution is 2.68. The lowest BCUT2D eigenvalue weighted by Gasteiger charge is -2.68. The van der Waals surface area contributed by atoms with Crippen LogP contribution in [-0.2, 0) is 16.0 Å². The van der Waals surface area contributed by atoms with Crippen LogP contribution in [0.1, 0.15) is 31.4 Å². The molecule has 0 unspecified atom stereocenters. The van der Waals surface area contributed by atoms with E-state index in [0.29, 0.717) is 25.9 Å². The summed E-state index contributed by atoms with van der Waals surface area (Å²) in [5.74, 6) is 0.0349. The first-order valence-corrected chi connectivity index (χ1v) is 9.87.